The van der Waals surface area contributed by atoms with Crippen LogP contribution in [0.2, 0.25) is 0 Å². The van der Waals surface area contributed by atoms with Crippen molar-refractivity contribution in [2.24, 2.45) is 0 Å². The first-order valence-corrected chi connectivity index (χ1v) is 7.62. The molecule has 0 bridgehead atoms. The fraction of sp³-hybridized carbons (Fsp3) is 0.111. The lowest BCUT2D eigenvalue weighted by atomic mass is 10.2. The number of amides is 1. The molecular formula is C18H14FN3O4. The van der Waals surface area contributed by atoms with E-state index >= 15 is 0 Å². The molecule has 8 heteroatoms. The summed E-state index contributed by atoms with van der Waals surface area (Å²) in [6, 6.07) is 10.3. The fourth-order valence-corrected chi connectivity index (χ4v) is 2.43. The van der Waals surface area contributed by atoms with Crippen LogP contribution >= 0.6 is 0 Å². The van der Waals surface area contributed by atoms with Crippen molar-refractivity contribution < 1.29 is 18.7 Å². The zero-order chi connectivity index (χ0) is 18.7. The predicted octanol–water partition coefficient (Wildman–Crippen LogP) is 1.96. The third-order valence-electron chi connectivity index (χ3n) is 3.72. The Hall–Kier alpha value is -3.55. The number of esters is 1. The second-order valence-corrected chi connectivity index (χ2v) is 5.43. The third-order valence-corrected chi connectivity index (χ3v) is 3.72. The summed E-state index contributed by atoms with van der Waals surface area (Å²) >= 11 is 0. The van der Waals surface area contributed by atoms with E-state index in [9.17, 15) is 18.8 Å². The number of halogens is 1. The molecule has 0 atom stereocenters. The summed E-state index contributed by atoms with van der Waals surface area (Å²) in [5.41, 5.74) is -0.529. The van der Waals surface area contributed by atoms with Crippen LogP contribution in [0.25, 0.3) is 10.8 Å². The van der Waals surface area contributed by atoms with E-state index in [1.54, 1.807) is 24.3 Å². The summed E-state index contributed by atoms with van der Waals surface area (Å²) in [6.07, 6.45) is 1.47. The van der Waals surface area contributed by atoms with E-state index in [4.69, 9.17) is 0 Å². The molecule has 0 saturated carbocycles. The molecule has 2 aromatic carbocycles. The Balaban J connectivity index is 1.83. The van der Waals surface area contributed by atoms with Gasteiger partial charge in [0.15, 0.2) is 0 Å². The van der Waals surface area contributed by atoms with E-state index in [1.165, 1.54) is 19.4 Å². The van der Waals surface area contributed by atoms with Gasteiger partial charge in [0, 0.05) is 5.39 Å². The highest BCUT2D eigenvalue weighted by Crippen LogP contribution is 2.17. The molecule has 0 fully saturated rings. The van der Waals surface area contributed by atoms with Gasteiger partial charge >= 0.3 is 5.97 Å². The molecule has 132 valence electrons. The number of benzene rings is 2. The van der Waals surface area contributed by atoms with E-state index < -0.39 is 29.8 Å². The van der Waals surface area contributed by atoms with Crippen molar-refractivity contribution in [2.45, 2.75) is 6.54 Å². The van der Waals surface area contributed by atoms with Crippen molar-refractivity contribution in [2.75, 3.05) is 12.4 Å². The molecule has 1 aromatic heterocycles. The van der Waals surface area contributed by atoms with Crippen LogP contribution in [0.4, 0.5) is 10.1 Å². The summed E-state index contributed by atoms with van der Waals surface area (Å²) in [5, 5.41) is 7.36. The summed E-state index contributed by atoms with van der Waals surface area (Å²) in [7, 11) is 1.20. The lowest BCUT2D eigenvalue weighted by Gasteiger charge is -2.09. The molecule has 0 aliphatic carbocycles. The molecule has 0 aliphatic rings. The molecule has 3 rings (SSSR count). The number of fused-ring (bicyclic) bond motifs is 1. The molecule has 0 saturated heterocycles. The number of anilines is 1. The topological polar surface area (TPSA) is 90.3 Å². The van der Waals surface area contributed by atoms with Crippen LogP contribution in [-0.2, 0) is 16.1 Å². The number of carbonyl (C=O) groups is 2. The van der Waals surface area contributed by atoms with Gasteiger partial charge in [0.1, 0.15) is 12.4 Å². The quantitative estimate of drug-likeness (QED) is 0.723. The van der Waals surface area contributed by atoms with E-state index in [2.05, 4.69) is 15.2 Å². The van der Waals surface area contributed by atoms with Crippen LogP contribution in [0.3, 0.4) is 0 Å². The minimum absolute atomic E-state index is 0.0881. The molecule has 0 aliphatic heterocycles. The Kier molecular flexibility index (Phi) is 4.74. The molecule has 3 aromatic rings. The smallest absolute Gasteiger partial charge is 0.337 e. The lowest BCUT2D eigenvalue weighted by molar-refractivity contribution is -0.117. The molecule has 0 radical (unpaired) electrons. The van der Waals surface area contributed by atoms with E-state index in [-0.39, 0.29) is 11.3 Å². The van der Waals surface area contributed by atoms with Crippen LogP contribution in [0.5, 0.6) is 0 Å². The first-order valence-electron chi connectivity index (χ1n) is 7.62. The number of ether oxygens (including phenoxy) is 1. The molecule has 1 N–H and O–H groups in total. The van der Waals surface area contributed by atoms with Crippen molar-refractivity contribution in [1.29, 1.82) is 0 Å². The van der Waals surface area contributed by atoms with Gasteiger partial charge in [-0.05, 0) is 24.3 Å². The summed E-state index contributed by atoms with van der Waals surface area (Å²) in [6.45, 7) is -0.397. The SMILES string of the molecule is COC(=O)c1ccc(F)c(NC(=O)Cn2ncc3ccccc3c2=O)c1. The average molecular weight is 355 g/mol. The highest BCUT2D eigenvalue weighted by atomic mass is 19.1. The van der Waals surface area contributed by atoms with Gasteiger partial charge < -0.3 is 10.1 Å². The first kappa shape index (κ1) is 17.3. The number of nitrogens with zero attached hydrogens (tertiary/aromatic N) is 2. The van der Waals surface area contributed by atoms with Gasteiger partial charge in [0.25, 0.3) is 5.56 Å². The molecule has 0 unspecified atom stereocenters. The lowest BCUT2D eigenvalue weighted by Crippen LogP contribution is -2.29. The van der Waals surface area contributed by atoms with E-state index in [1.807, 2.05) is 0 Å². The minimum Gasteiger partial charge on any atom is -0.465 e. The van der Waals surface area contributed by atoms with Gasteiger partial charge in [-0.1, -0.05) is 18.2 Å². The average Bonchev–Trinajstić information content (AvgIpc) is 2.65. The first-order chi connectivity index (χ1) is 12.5. The van der Waals surface area contributed by atoms with Crippen LogP contribution in [0.1, 0.15) is 10.4 Å². The van der Waals surface area contributed by atoms with Gasteiger partial charge in [0.2, 0.25) is 5.91 Å². The summed E-state index contributed by atoms with van der Waals surface area (Å²) in [5.74, 6) is -2.03. The molecule has 7 nitrogen and oxygen atoms in total. The van der Waals surface area contributed by atoms with Crippen molar-refractivity contribution in [1.82, 2.24) is 9.78 Å². The predicted molar refractivity (Wildman–Crippen MR) is 92.4 cm³/mol. The summed E-state index contributed by atoms with van der Waals surface area (Å²) in [4.78, 5) is 36.0. The zero-order valence-electron chi connectivity index (χ0n) is 13.7. The Morgan fingerprint density at radius 2 is 2.00 bits per heavy atom. The zero-order valence-corrected chi connectivity index (χ0v) is 13.7. The van der Waals surface area contributed by atoms with Gasteiger partial charge in [-0.25, -0.2) is 13.9 Å². The number of nitrogens with one attached hydrogen (secondary N) is 1. The standard InChI is InChI=1S/C18H14FN3O4/c1-26-18(25)11-6-7-14(19)15(8-11)21-16(23)10-22-17(24)13-5-3-2-4-12(13)9-20-22/h2-9H,10H2,1H3,(H,21,23). The van der Waals surface area contributed by atoms with Gasteiger partial charge in [-0.15, -0.1) is 0 Å². The van der Waals surface area contributed by atoms with Crippen molar-refractivity contribution in [3.63, 3.8) is 0 Å². The van der Waals surface area contributed by atoms with Crippen molar-refractivity contribution in [3.05, 3.63) is 70.4 Å². The minimum atomic E-state index is -0.718. The van der Waals surface area contributed by atoms with Gasteiger partial charge in [-0.3, -0.25) is 9.59 Å². The highest BCUT2D eigenvalue weighted by molar-refractivity contribution is 5.94. The van der Waals surface area contributed by atoms with Crippen LogP contribution in [-0.4, -0.2) is 28.8 Å². The molecular weight excluding hydrogens is 341 g/mol. The Morgan fingerprint density at radius 1 is 1.23 bits per heavy atom. The normalized spacial score (nSPS) is 10.5. The number of carbonyl (C=O) groups excluding carboxylic acids is 2. The van der Waals surface area contributed by atoms with Gasteiger partial charge in [-0.2, -0.15) is 5.10 Å². The maximum absolute atomic E-state index is 13.9. The van der Waals surface area contributed by atoms with Crippen LogP contribution < -0.4 is 10.9 Å². The monoisotopic (exact) mass is 355 g/mol. The number of hydrogen-bond donors (Lipinski definition) is 1. The number of methoxy groups -OCH3 is 1. The van der Waals surface area contributed by atoms with Crippen molar-refractivity contribution in [3.8, 4) is 0 Å². The largest absolute Gasteiger partial charge is 0.465 e. The third kappa shape index (κ3) is 3.44. The molecule has 1 amide bonds. The maximum atomic E-state index is 13.9. The summed E-state index contributed by atoms with van der Waals surface area (Å²) < 4.78 is 19.4. The van der Waals surface area contributed by atoms with E-state index in [0.717, 1.165) is 16.8 Å². The van der Waals surface area contributed by atoms with E-state index in [0.29, 0.717) is 10.8 Å². The van der Waals surface area contributed by atoms with Crippen LogP contribution in [0.15, 0.2) is 53.5 Å². The van der Waals surface area contributed by atoms with Crippen LogP contribution in [0, 0.1) is 5.82 Å². The molecule has 0 spiro atoms. The second-order valence-electron chi connectivity index (χ2n) is 5.43. The van der Waals surface area contributed by atoms with Crippen molar-refractivity contribution >= 4 is 28.3 Å². The Labute approximate surface area is 147 Å². The molecule has 26 heavy (non-hydrogen) atoms. The maximum Gasteiger partial charge on any atom is 0.337 e. The highest BCUT2D eigenvalue weighted by Gasteiger charge is 2.14. The Morgan fingerprint density at radius 3 is 2.77 bits per heavy atom. The number of aromatic nitrogens is 2. The molecule has 1 heterocycles. The Bertz CT molecular complexity index is 1060. The second kappa shape index (κ2) is 7.14. The van der Waals surface area contributed by atoms with Gasteiger partial charge in [0.05, 0.1) is 29.9 Å². The fourth-order valence-electron chi connectivity index (χ4n) is 2.43. The number of rotatable bonds is 4. The number of hydrogen-bond acceptors (Lipinski definition) is 5.